The first kappa shape index (κ1) is 16.5. The summed E-state index contributed by atoms with van der Waals surface area (Å²) in [5, 5.41) is 8.97. The van der Waals surface area contributed by atoms with Gasteiger partial charge in [0.05, 0.1) is 4.88 Å². The van der Waals surface area contributed by atoms with Crippen LogP contribution in [-0.2, 0) is 0 Å². The van der Waals surface area contributed by atoms with Crippen molar-refractivity contribution in [3.63, 3.8) is 0 Å². The smallest absolute Gasteiger partial charge is 0.345 e. The van der Waals surface area contributed by atoms with Gasteiger partial charge in [0.15, 0.2) is 0 Å². The van der Waals surface area contributed by atoms with Crippen molar-refractivity contribution >= 4 is 28.8 Å². The van der Waals surface area contributed by atoms with Crippen LogP contribution in [0.2, 0.25) is 0 Å². The fraction of sp³-hybridized carbons (Fsp3) is 0.263. The van der Waals surface area contributed by atoms with Crippen LogP contribution in [0, 0.1) is 13.8 Å². The number of thiophene rings is 1. The van der Waals surface area contributed by atoms with E-state index in [1.165, 1.54) is 28.3 Å². The molecule has 3 rings (SSSR count). The summed E-state index contributed by atoms with van der Waals surface area (Å²) < 4.78 is 0. The third-order valence-electron chi connectivity index (χ3n) is 4.12. The monoisotopic (exact) mass is 341 g/mol. The Labute approximate surface area is 145 Å². The molecular weight excluding hydrogens is 322 g/mol. The molecule has 4 nitrogen and oxygen atoms in total. The minimum absolute atomic E-state index is 0.0942. The lowest BCUT2D eigenvalue weighted by molar-refractivity contribution is 0.0701. The van der Waals surface area contributed by atoms with E-state index in [-0.39, 0.29) is 10.8 Å². The van der Waals surface area contributed by atoms with Gasteiger partial charge in [0.1, 0.15) is 4.88 Å². The Morgan fingerprint density at radius 3 is 2.29 bits per heavy atom. The fourth-order valence-corrected chi connectivity index (χ4v) is 3.81. The van der Waals surface area contributed by atoms with Crippen molar-refractivity contribution in [1.82, 2.24) is 4.90 Å². The number of aryl methyl sites for hydroxylation is 2. The van der Waals surface area contributed by atoms with E-state index in [1.54, 1.807) is 11.0 Å². The highest BCUT2D eigenvalue weighted by molar-refractivity contribution is 7.15. The average Bonchev–Trinajstić information content (AvgIpc) is 3.03. The van der Waals surface area contributed by atoms with E-state index < -0.39 is 5.97 Å². The number of benzene rings is 1. The lowest BCUT2D eigenvalue weighted by Crippen LogP contribution is -2.34. The Bertz CT molecular complexity index is 815. The highest BCUT2D eigenvalue weighted by Crippen LogP contribution is 2.26. The van der Waals surface area contributed by atoms with Crippen molar-refractivity contribution in [3.05, 3.63) is 62.9 Å². The van der Waals surface area contributed by atoms with Crippen LogP contribution in [0.4, 0.5) is 0 Å². The van der Waals surface area contributed by atoms with Gasteiger partial charge < -0.3 is 10.0 Å². The Morgan fingerprint density at radius 2 is 1.75 bits per heavy atom. The Balaban J connectivity index is 1.74. The number of rotatable bonds is 3. The summed E-state index contributed by atoms with van der Waals surface area (Å²) >= 11 is 1.03. The summed E-state index contributed by atoms with van der Waals surface area (Å²) in [5.41, 5.74) is 4.97. The zero-order valence-corrected chi connectivity index (χ0v) is 14.5. The van der Waals surface area contributed by atoms with Crippen molar-refractivity contribution in [2.45, 2.75) is 20.3 Å². The van der Waals surface area contributed by atoms with Crippen LogP contribution in [0.1, 0.15) is 42.5 Å². The molecule has 1 aliphatic heterocycles. The maximum atomic E-state index is 12.5. The quantitative estimate of drug-likeness (QED) is 0.918. The number of carboxylic acids is 1. The number of hydrogen-bond acceptors (Lipinski definition) is 3. The van der Waals surface area contributed by atoms with Gasteiger partial charge in [0, 0.05) is 13.1 Å². The standard InChI is InChI=1S/C19H19NO3S/c1-12-9-13(2)11-15(10-12)14-5-7-20(8-6-14)18(21)16-3-4-17(24-16)19(22)23/h3-5,9-11H,6-8H2,1-2H3,(H,22,23). The van der Waals surface area contributed by atoms with Crippen molar-refractivity contribution in [1.29, 1.82) is 0 Å². The van der Waals surface area contributed by atoms with Gasteiger partial charge in [-0.3, -0.25) is 4.79 Å². The number of aromatic carboxylic acids is 1. The fourth-order valence-electron chi connectivity index (χ4n) is 3.00. The lowest BCUT2D eigenvalue weighted by Gasteiger charge is -2.26. The van der Waals surface area contributed by atoms with E-state index in [1.807, 2.05) is 0 Å². The van der Waals surface area contributed by atoms with E-state index in [0.717, 1.165) is 17.8 Å². The van der Waals surface area contributed by atoms with Crippen LogP contribution in [0.25, 0.3) is 5.57 Å². The van der Waals surface area contributed by atoms with Crippen LogP contribution in [0.5, 0.6) is 0 Å². The number of amides is 1. The van der Waals surface area contributed by atoms with Gasteiger partial charge in [-0.05, 0) is 43.5 Å². The van der Waals surface area contributed by atoms with Crippen LogP contribution in [-0.4, -0.2) is 35.0 Å². The van der Waals surface area contributed by atoms with Gasteiger partial charge in [0.2, 0.25) is 0 Å². The molecule has 1 aliphatic rings. The summed E-state index contributed by atoms with van der Waals surface area (Å²) in [7, 11) is 0. The lowest BCUT2D eigenvalue weighted by atomic mass is 9.96. The predicted octanol–water partition coefficient (Wildman–Crippen LogP) is 3.99. The molecule has 0 fully saturated rings. The normalized spacial score (nSPS) is 14.4. The van der Waals surface area contributed by atoms with E-state index in [2.05, 4.69) is 38.1 Å². The van der Waals surface area contributed by atoms with Crippen molar-refractivity contribution in [2.75, 3.05) is 13.1 Å². The second-order valence-corrected chi connectivity index (χ2v) is 7.16. The SMILES string of the molecule is Cc1cc(C)cc(C2=CCN(C(=O)c3ccc(C(=O)O)s3)CC2)c1. The molecule has 1 amide bonds. The molecule has 5 heteroatoms. The van der Waals surface area contributed by atoms with Crippen molar-refractivity contribution in [3.8, 4) is 0 Å². The first-order chi connectivity index (χ1) is 11.4. The molecule has 124 valence electrons. The Kier molecular flexibility index (Phi) is 4.53. The second kappa shape index (κ2) is 6.61. The molecule has 0 radical (unpaired) electrons. The van der Waals surface area contributed by atoms with Crippen LogP contribution in [0.15, 0.2) is 36.4 Å². The first-order valence-corrected chi connectivity index (χ1v) is 8.66. The molecule has 0 aliphatic carbocycles. The first-order valence-electron chi connectivity index (χ1n) is 7.84. The molecule has 1 aromatic heterocycles. The van der Waals surface area contributed by atoms with Crippen LogP contribution < -0.4 is 0 Å². The number of carboxylic acid groups (broad SMARTS) is 1. The van der Waals surface area contributed by atoms with Gasteiger partial charge >= 0.3 is 5.97 Å². The van der Waals surface area contributed by atoms with E-state index in [4.69, 9.17) is 5.11 Å². The summed E-state index contributed by atoms with van der Waals surface area (Å²) in [6.07, 6.45) is 2.91. The number of carbonyl (C=O) groups is 2. The summed E-state index contributed by atoms with van der Waals surface area (Å²) in [6, 6.07) is 9.59. The molecule has 0 saturated carbocycles. The van der Waals surface area contributed by atoms with E-state index in [0.29, 0.717) is 18.0 Å². The third kappa shape index (κ3) is 3.41. The molecule has 1 N–H and O–H groups in total. The highest BCUT2D eigenvalue weighted by atomic mass is 32.1. The molecular formula is C19H19NO3S. The topological polar surface area (TPSA) is 57.6 Å². The molecule has 0 spiro atoms. The second-order valence-electron chi connectivity index (χ2n) is 6.08. The molecule has 24 heavy (non-hydrogen) atoms. The largest absolute Gasteiger partial charge is 0.477 e. The van der Waals surface area contributed by atoms with Gasteiger partial charge in [0.25, 0.3) is 5.91 Å². The van der Waals surface area contributed by atoms with Gasteiger partial charge in [-0.25, -0.2) is 4.79 Å². The molecule has 2 heterocycles. The molecule has 1 aromatic carbocycles. The van der Waals surface area contributed by atoms with Gasteiger partial charge in [-0.2, -0.15) is 0 Å². The maximum absolute atomic E-state index is 12.5. The Hall–Kier alpha value is -2.40. The van der Waals surface area contributed by atoms with Gasteiger partial charge in [-0.1, -0.05) is 35.4 Å². The molecule has 0 atom stereocenters. The van der Waals surface area contributed by atoms with Crippen LogP contribution in [0.3, 0.4) is 0 Å². The molecule has 0 unspecified atom stereocenters. The number of nitrogens with zero attached hydrogens (tertiary/aromatic N) is 1. The summed E-state index contributed by atoms with van der Waals surface area (Å²) in [6.45, 7) is 5.39. The minimum atomic E-state index is -0.991. The van der Waals surface area contributed by atoms with Crippen molar-refractivity contribution in [2.24, 2.45) is 0 Å². The van der Waals surface area contributed by atoms with Crippen LogP contribution >= 0.6 is 11.3 Å². The summed E-state index contributed by atoms with van der Waals surface area (Å²) in [4.78, 5) is 25.9. The molecule has 0 bridgehead atoms. The number of carbonyl (C=O) groups excluding carboxylic acids is 1. The van der Waals surface area contributed by atoms with Gasteiger partial charge in [-0.15, -0.1) is 11.3 Å². The van der Waals surface area contributed by atoms with Crippen molar-refractivity contribution < 1.29 is 14.7 Å². The minimum Gasteiger partial charge on any atom is -0.477 e. The Morgan fingerprint density at radius 1 is 1.08 bits per heavy atom. The average molecular weight is 341 g/mol. The summed E-state index contributed by atoms with van der Waals surface area (Å²) in [5.74, 6) is -1.09. The highest BCUT2D eigenvalue weighted by Gasteiger charge is 2.21. The van der Waals surface area contributed by atoms with E-state index in [9.17, 15) is 9.59 Å². The number of hydrogen-bond donors (Lipinski definition) is 1. The molecule has 2 aromatic rings. The maximum Gasteiger partial charge on any atom is 0.345 e. The van der Waals surface area contributed by atoms with E-state index >= 15 is 0 Å². The molecule has 0 saturated heterocycles. The zero-order chi connectivity index (χ0) is 17.3. The predicted molar refractivity (Wildman–Crippen MR) is 95.7 cm³/mol. The third-order valence-corrected chi connectivity index (χ3v) is 5.18. The zero-order valence-electron chi connectivity index (χ0n) is 13.7.